The van der Waals surface area contributed by atoms with Gasteiger partial charge in [-0.1, -0.05) is 6.42 Å². The summed E-state index contributed by atoms with van der Waals surface area (Å²) in [7, 11) is 0. The van der Waals surface area contributed by atoms with Crippen LogP contribution in [0.25, 0.3) is 0 Å². The van der Waals surface area contributed by atoms with Crippen LogP contribution < -0.4 is 10.6 Å². The van der Waals surface area contributed by atoms with Crippen molar-refractivity contribution < 1.29 is 4.79 Å². The number of carbonyl (C=O) groups excluding carboxylic acids is 1. The lowest BCUT2D eigenvalue weighted by Crippen LogP contribution is -2.46. The molecule has 1 amide bonds. The third-order valence-electron chi connectivity index (χ3n) is 2.86. The van der Waals surface area contributed by atoms with E-state index in [0.717, 1.165) is 19.4 Å². The molecule has 0 aromatic carbocycles. The summed E-state index contributed by atoms with van der Waals surface area (Å²) >= 11 is 1.74. The van der Waals surface area contributed by atoms with Crippen molar-refractivity contribution in [1.29, 1.82) is 0 Å². The number of thiophene rings is 1. The van der Waals surface area contributed by atoms with E-state index < -0.39 is 0 Å². The predicted octanol–water partition coefficient (Wildman–Crippen LogP) is 1.81. The summed E-state index contributed by atoms with van der Waals surface area (Å²) in [5.41, 5.74) is 0. The zero-order chi connectivity index (χ0) is 11.4. The van der Waals surface area contributed by atoms with Crippen molar-refractivity contribution in [3.8, 4) is 0 Å². The zero-order valence-electron chi connectivity index (χ0n) is 9.58. The van der Waals surface area contributed by atoms with Gasteiger partial charge in [-0.05, 0) is 38.4 Å². The van der Waals surface area contributed by atoms with Gasteiger partial charge in [0, 0.05) is 9.75 Å². The topological polar surface area (TPSA) is 41.1 Å². The molecule has 0 aliphatic carbocycles. The van der Waals surface area contributed by atoms with Crippen molar-refractivity contribution in [2.45, 2.75) is 38.8 Å². The van der Waals surface area contributed by atoms with E-state index in [2.05, 4.69) is 29.7 Å². The molecule has 1 atom stereocenters. The van der Waals surface area contributed by atoms with E-state index in [0.29, 0.717) is 6.54 Å². The molecule has 0 bridgehead atoms. The maximum atomic E-state index is 11.8. The minimum atomic E-state index is 0.0230. The minimum Gasteiger partial charge on any atom is -0.350 e. The van der Waals surface area contributed by atoms with Gasteiger partial charge >= 0.3 is 0 Å². The van der Waals surface area contributed by atoms with Crippen molar-refractivity contribution in [2.75, 3.05) is 6.54 Å². The second kappa shape index (κ2) is 5.46. The molecule has 88 valence electrons. The van der Waals surface area contributed by atoms with Gasteiger partial charge in [-0.25, -0.2) is 0 Å². The molecule has 1 saturated heterocycles. The highest BCUT2D eigenvalue weighted by Gasteiger charge is 2.19. The Morgan fingerprint density at radius 1 is 1.56 bits per heavy atom. The van der Waals surface area contributed by atoms with Gasteiger partial charge in [-0.2, -0.15) is 0 Å². The molecule has 4 heteroatoms. The second-order valence-electron chi connectivity index (χ2n) is 4.23. The molecule has 1 fully saturated rings. The standard InChI is InChI=1S/C12H18N2OS/c1-9-5-6-10(16-9)8-14-12(15)11-4-2-3-7-13-11/h5-6,11,13H,2-4,7-8H2,1H3,(H,14,15)/t11-/m1/s1. The molecule has 1 aromatic heterocycles. The smallest absolute Gasteiger partial charge is 0.237 e. The Morgan fingerprint density at radius 3 is 3.06 bits per heavy atom. The summed E-state index contributed by atoms with van der Waals surface area (Å²) in [5, 5.41) is 6.24. The summed E-state index contributed by atoms with van der Waals surface area (Å²) in [6.45, 7) is 3.71. The van der Waals surface area contributed by atoms with Crippen molar-refractivity contribution in [3.05, 3.63) is 21.9 Å². The maximum absolute atomic E-state index is 11.8. The maximum Gasteiger partial charge on any atom is 0.237 e. The van der Waals surface area contributed by atoms with Crippen LogP contribution in [0.2, 0.25) is 0 Å². The van der Waals surface area contributed by atoms with Crippen molar-refractivity contribution in [1.82, 2.24) is 10.6 Å². The number of rotatable bonds is 3. The molecule has 0 saturated carbocycles. The predicted molar refractivity (Wildman–Crippen MR) is 66.5 cm³/mol. The van der Waals surface area contributed by atoms with Crippen molar-refractivity contribution in [3.63, 3.8) is 0 Å². The second-order valence-corrected chi connectivity index (χ2v) is 5.61. The first-order chi connectivity index (χ1) is 7.75. The molecule has 2 heterocycles. The van der Waals surface area contributed by atoms with Gasteiger partial charge in [-0.3, -0.25) is 4.79 Å². The lowest BCUT2D eigenvalue weighted by Gasteiger charge is -2.22. The number of amides is 1. The lowest BCUT2D eigenvalue weighted by molar-refractivity contribution is -0.123. The number of hydrogen-bond acceptors (Lipinski definition) is 3. The number of nitrogens with one attached hydrogen (secondary N) is 2. The van der Waals surface area contributed by atoms with E-state index in [1.165, 1.54) is 16.2 Å². The molecule has 16 heavy (non-hydrogen) atoms. The highest BCUT2D eigenvalue weighted by molar-refractivity contribution is 7.11. The van der Waals surface area contributed by atoms with Gasteiger partial charge < -0.3 is 10.6 Å². The van der Waals surface area contributed by atoms with Crippen molar-refractivity contribution in [2.24, 2.45) is 0 Å². The average Bonchev–Trinajstić information content (AvgIpc) is 2.73. The molecule has 0 spiro atoms. The van der Waals surface area contributed by atoms with E-state index in [1.54, 1.807) is 11.3 Å². The summed E-state index contributed by atoms with van der Waals surface area (Å²) in [6, 6.07) is 4.19. The molecular weight excluding hydrogens is 220 g/mol. The van der Waals surface area contributed by atoms with Crippen LogP contribution in [0.1, 0.15) is 29.0 Å². The fourth-order valence-corrected chi connectivity index (χ4v) is 2.78. The Balaban J connectivity index is 1.78. The first-order valence-electron chi connectivity index (χ1n) is 5.82. The van der Waals surface area contributed by atoms with Crippen LogP contribution in [0.3, 0.4) is 0 Å². The first-order valence-corrected chi connectivity index (χ1v) is 6.64. The number of piperidine rings is 1. The SMILES string of the molecule is Cc1ccc(CNC(=O)[C@H]2CCCCN2)s1. The molecule has 0 radical (unpaired) electrons. The lowest BCUT2D eigenvalue weighted by atomic mass is 10.0. The monoisotopic (exact) mass is 238 g/mol. The van der Waals surface area contributed by atoms with Crippen LogP contribution in [0.5, 0.6) is 0 Å². The van der Waals surface area contributed by atoms with Crippen LogP contribution in [0.15, 0.2) is 12.1 Å². The van der Waals surface area contributed by atoms with E-state index in [1.807, 2.05) is 0 Å². The van der Waals surface area contributed by atoms with Gasteiger partial charge in [0.25, 0.3) is 0 Å². The Kier molecular flexibility index (Phi) is 3.96. The molecule has 3 nitrogen and oxygen atoms in total. The van der Waals surface area contributed by atoms with Crippen molar-refractivity contribution >= 4 is 17.2 Å². The molecular formula is C12H18N2OS. The largest absolute Gasteiger partial charge is 0.350 e. The molecule has 0 unspecified atom stereocenters. The Morgan fingerprint density at radius 2 is 2.44 bits per heavy atom. The summed E-state index contributed by atoms with van der Waals surface area (Å²) in [6.07, 6.45) is 3.31. The van der Waals surface area contributed by atoms with Gasteiger partial charge in [0.1, 0.15) is 0 Å². The van der Waals surface area contributed by atoms with E-state index in [4.69, 9.17) is 0 Å². The summed E-state index contributed by atoms with van der Waals surface area (Å²) in [4.78, 5) is 14.3. The van der Waals surface area contributed by atoms with E-state index >= 15 is 0 Å². The summed E-state index contributed by atoms with van der Waals surface area (Å²) in [5.74, 6) is 0.144. The van der Waals surface area contributed by atoms with Gasteiger partial charge in [0.2, 0.25) is 5.91 Å². The van der Waals surface area contributed by atoms with Crippen LogP contribution >= 0.6 is 11.3 Å². The average molecular weight is 238 g/mol. The quantitative estimate of drug-likeness (QED) is 0.843. The van der Waals surface area contributed by atoms with E-state index in [-0.39, 0.29) is 11.9 Å². The normalized spacial score (nSPS) is 20.7. The molecule has 1 aliphatic heterocycles. The van der Waals surface area contributed by atoms with Crippen LogP contribution in [0, 0.1) is 6.92 Å². The Bertz CT molecular complexity index is 356. The molecule has 1 aliphatic rings. The Labute approximate surface area is 100 Å². The molecule has 2 N–H and O–H groups in total. The first kappa shape index (κ1) is 11.6. The third-order valence-corrected chi connectivity index (χ3v) is 3.86. The fourth-order valence-electron chi connectivity index (χ4n) is 1.95. The van der Waals surface area contributed by atoms with Gasteiger partial charge in [0.15, 0.2) is 0 Å². The fraction of sp³-hybridized carbons (Fsp3) is 0.583. The highest BCUT2D eigenvalue weighted by Crippen LogP contribution is 2.14. The molecule has 2 rings (SSSR count). The van der Waals surface area contributed by atoms with Crippen LogP contribution in [0.4, 0.5) is 0 Å². The minimum absolute atomic E-state index is 0.0230. The zero-order valence-corrected chi connectivity index (χ0v) is 10.4. The number of carbonyl (C=O) groups is 1. The Hall–Kier alpha value is -0.870. The summed E-state index contributed by atoms with van der Waals surface area (Å²) < 4.78 is 0. The van der Waals surface area contributed by atoms with Crippen LogP contribution in [-0.4, -0.2) is 18.5 Å². The van der Waals surface area contributed by atoms with Crippen LogP contribution in [-0.2, 0) is 11.3 Å². The third kappa shape index (κ3) is 3.06. The van der Waals surface area contributed by atoms with Gasteiger partial charge in [0.05, 0.1) is 12.6 Å². The highest BCUT2D eigenvalue weighted by atomic mass is 32.1. The number of hydrogen-bond donors (Lipinski definition) is 2. The molecule has 1 aromatic rings. The van der Waals surface area contributed by atoms with Gasteiger partial charge in [-0.15, -0.1) is 11.3 Å². The van der Waals surface area contributed by atoms with E-state index in [9.17, 15) is 4.79 Å². The number of aryl methyl sites for hydroxylation is 1.